The maximum atomic E-state index is 14.3. The summed E-state index contributed by atoms with van der Waals surface area (Å²) < 4.78 is 34.0. The van der Waals surface area contributed by atoms with Crippen LogP contribution in [0.15, 0.2) is 23.0 Å². The van der Waals surface area contributed by atoms with Crippen LogP contribution < -0.4 is 10.3 Å². The Kier molecular flexibility index (Phi) is 5.12. The molecule has 2 aromatic rings. The summed E-state index contributed by atoms with van der Waals surface area (Å²) in [5, 5.41) is 9.09. The van der Waals surface area contributed by atoms with Crippen LogP contribution in [0.2, 0.25) is 0 Å². The van der Waals surface area contributed by atoms with Crippen molar-refractivity contribution in [2.45, 2.75) is 26.7 Å². The number of unbranched alkanes of at least 4 members (excludes halogenated alkanes) is 1. The molecule has 0 spiro atoms. The van der Waals surface area contributed by atoms with Crippen LogP contribution in [0.3, 0.4) is 0 Å². The summed E-state index contributed by atoms with van der Waals surface area (Å²) in [5.41, 5.74) is -1.06. The fourth-order valence-electron chi connectivity index (χ4n) is 2.22. The van der Waals surface area contributed by atoms with Gasteiger partial charge in [-0.05, 0) is 19.4 Å². The standard InChI is InChI=1S/C17H16F2N2O2/c1-3-4-5-23-11-7-14(18)16(15(19)8-11)12-6-10(2)21-17(22)13(12)9-20/h6-8H,3-5H2,1-2H3,(H,21,22). The van der Waals surface area contributed by atoms with E-state index in [0.717, 1.165) is 25.0 Å². The Hall–Kier alpha value is -2.68. The van der Waals surface area contributed by atoms with Gasteiger partial charge in [-0.2, -0.15) is 5.26 Å². The van der Waals surface area contributed by atoms with Crippen LogP contribution in [0.1, 0.15) is 31.0 Å². The number of ether oxygens (including phenoxy) is 1. The van der Waals surface area contributed by atoms with Crippen LogP contribution in [0.5, 0.6) is 5.75 Å². The van der Waals surface area contributed by atoms with Crippen molar-refractivity contribution in [2.75, 3.05) is 6.61 Å². The van der Waals surface area contributed by atoms with E-state index in [9.17, 15) is 13.6 Å². The number of benzene rings is 1. The van der Waals surface area contributed by atoms with Gasteiger partial charge in [0.1, 0.15) is 29.0 Å². The molecule has 0 atom stereocenters. The van der Waals surface area contributed by atoms with Gasteiger partial charge in [0.2, 0.25) is 0 Å². The predicted octanol–water partition coefficient (Wildman–Crippen LogP) is 3.68. The van der Waals surface area contributed by atoms with E-state index in [1.54, 1.807) is 13.0 Å². The molecule has 0 aliphatic carbocycles. The Morgan fingerprint density at radius 3 is 2.48 bits per heavy atom. The van der Waals surface area contributed by atoms with Crippen LogP contribution >= 0.6 is 0 Å². The molecule has 1 aromatic heterocycles. The zero-order chi connectivity index (χ0) is 17.0. The van der Waals surface area contributed by atoms with E-state index in [2.05, 4.69) is 4.98 Å². The number of aromatic amines is 1. The third-order valence-corrected chi connectivity index (χ3v) is 3.33. The zero-order valence-corrected chi connectivity index (χ0v) is 12.9. The van der Waals surface area contributed by atoms with E-state index in [-0.39, 0.29) is 16.9 Å². The number of rotatable bonds is 5. The van der Waals surface area contributed by atoms with Crippen molar-refractivity contribution in [3.05, 3.63) is 51.4 Å². The SMILES string of the molecule is CCCCOc1cc(F)c(-c2cc(C)[nH]c(=O)c2C#N)c(F)c1. The fraction of sp³-hybridized carbons (Fsp3) is 0.294. The van der Waals surface area contributed by atoms with Crippen molar-refractivity contribution in [3.63, 3.8) is 0 Å². The second-order valence-corrected chi connectivity index (χ2v) is 5.15. The summed E-state index contributed by atoms with van der Waals surface area (Å²) in [4.78, 5) is 14.2. The maximum absolute atomic E-state index is 14.3. The van der Waals surface area contributed by atoms with Crippen molar-refractivity contribution < 1.29 is 13.5 Å². The summed E-state index contributed by atoms with van der Waals surface area (Å²) in [6.07, 6.45) is 1.68. The van der Waals surface area contributed by atoms with Crippen LogP contribution in [-0.4, -0.2) is 11.6 Å². The maximum Gasteiger partial charge on any atom is 0.266 e. The van der Waals surface area contributed by atoms with E-state index in [1.807, 2.05) is 6.92 Å². The Bertz CT molecular complexity index is 799. The molecule has 1 N–H and O–H groups in total. The second kappa shape index (κ2) is 7.05. The van der Waals surface area contributed by atoms with Gasteiger partial charge in [0.25, 0.3) is 5.56 Å². The Balaban J connectivity index is 2.54. The van der Waals surface area contributed by atoms with Crippen LogP contribution in [0, 0.1) is 29.9 Å². The second-order valence-electron chi connectivity index (χ2n) is 5.15. The lowest BCUT2D eigenvalue weighted by Crippen LogP contribution is -2.13. The lowest BCUT2D eigenvalue weighted by molar-refractivity contribution is 0.306. The van der Waals surface area contributed by atoms with Gasteiger partial charge in [-0.25, -0.2) is 8.78 Å². The van der Waals surface area contributed by atoms with Crippen LogP contribution in [0.25, 0.3) is 11.1 Å². The van der Waals surface area contributed by atoms with Gasteiger partial charge >= 0.3 is 0 Å². The average molecular weight is 318 g/mol. The molecule has 2 rings (SSSR count). The van der Waals surface area contributed by atoms with Crippen molar-refractivity contribution in [3.8, 4) is 22.9 Å². The number of nitriles is 1. The summed E-state index contributed by atoms with van der Waals surface area (Å²) in [5.74, 6) is -1.67. The zero-order valence-electron chi connectivity index (χ0n) is 12.9. The van der Waals surface area contributed by atoms with Gasteiger partial charge in [0.15, 0.2) is 0 Å². The molecule has 1 aromatic carbocycles. The van der Waals surface area contributed by atoms with Gasteiger partial charge in [-0.3, -0.25) is 4.79 Å². The first-order valence-corrected chi connectivity index (χ1v) is 7.24. The highest BCUT2D eigenvalue weighted by Gasteiger charge is 2.19. The van der Waals surface area contributed by atoms with E-state index in [1.165, 1.54) is 6.07 Å². The minimum Gasteiger partial charge on any atom is -0.493 e. The van der Waals surface area contributed by atoms with Gasteiger partial charge in [0, 0.05) is 23.4 Å². The topological polar surface area (TPSA) is 65.9 Å². The van der Waals surface area contributed by atoms with Crippen LogP contribution in [-0.2, 0) is 0 Å². The third-order valence-electron chi connectivity index (χ3n) is 3.33. The van der Waals surface area contributed by atoms with Crippen molar-refractivity contribution >= 4 is 0 Å². The highest BCUT2D eigenvalue weighted by molar-refractivity contribution is 5.72. The molecule has 4 nitrogen and oxygen atoms in total. The summed E-state index contributed by atoms with van der Waals surface area (Å²) >= 11 is 0. The molecule has 0 aliphatic rings. The molecular formula is C17H16F2N2O2. The van der Waals surface area contributed by atoms with Gasteiger partial charge in [-0.1, -0.05) is 13.3 Å². The van der Waals surface area contributed by atoms with Crippen molar-refractivity contribution in [1.29, 1.82) is 5.26 Å². The molecule has 0 saturated heterocycles. The van der Waals surface area contributed by atoms with Crippen LogP contribution in [0.4, 0.5) is 8.78 Å². The molecule has 0 amide bonds. The number of H-pyrrole nitrogens is 1. The minimum absolute atomic E-state index is 0.0659. The van der Waals surface area contributed by atoms with Gasteiger partial charge < -0.3 is 9.72 Å². The molecule has 0 bridgehead atoms. The van der Waals surface area contributed by atoms with Crippen molar-refractivity contribution in [1.82, 2.24) is 4.98 Å². The highest BCUT2D eigenvalue weighted by Crippen LogP contribution is 2.31. The van der Waals surface area contributed by atoms with Gasteiger partial charge in [0.05, 0.1) is 12.2 Å². The number of hydrogen-bond acceptors (Lipinski definition) is 3. The summed E-state index contributed by atoms with van der Waals surface area (Å²) in [6.45, 7) is 3.92. The molecule has 23 heavy (non-hydrogen) atoms. The predicted molar refractivity (Wildman–Crippen MR) is 82.3 cm³/mol. The van der Waals surface area contributed by atoms with Gasteiger partial charge in [-0.15, -0.1) is 0 Å². The van der Waals surface area contributed by atoms with E-state index < -0.39 is 22.8 Å². The Morgan fingerprint density at radius 2 is 1.91 bits per heavy atom. The number of halogens is 2. The minimum atomic E-state index is -0.877. The first kappa shape index (κ1) is 16.7. The van der Waals surface area contributed by atoms with E-state index in [4.69, 9.17) is 10.00 Å². The molecule has 1 heterocycles. The molecule has 0 saturated carbocycles. The lowest BCUT2D eigenvalue weighted by Gasteiger charge is -2.11. The van der Waals surface area contributed by atoms with Crippen molar-refractivity contribution in [2.24, 2.45) is 0 Å². The normalized spacial score (nSPS) is 10.4. The fourth-order valence-corrected chi connectivity index (χ4v) is 2.22. The summed E-state index contributed by atoms with van der Waals surface area (Å²) in [6, 6.07) is 5.19. The molecular weight excluding hydrogens is 302 g/mol. The smallest absolute Gasteiger partial charge is 0.266 e. The Labute approximate surface area is 132 Å². The lowest BCUT2D eigenvalue weighted by atomic mass is 9.99. The first-order valence-electron chi connectivity index (χ1n) is 7.24. The average Bonchev–Trinajstić information content (AvgIpc) is 2.46. The number of pyridine rings is 1. The molecule has 0 unspecified atom stereocenters. The number of nitrogens with zero attached hydrogens (tertiary/aromatic N) is 1. The monoisotopic (exact) mass is 318 g/mol. The molecule has 0 aliphatic heterocycles. The largest absolute Gasteiger partial charge is 0.493 e. The number of hydrogen-bond donors (Lipinski definition) is 1. The van der Waals surface area contributed by atoms with E-state index in [0.29, 0.717) is 12.3 Å². The third kappa shape index (κ3) is 3.57. The molecule has 6 heteroatoms. The number of aryl methyl sites for hydroxylation is 1. The summed E-state index contributed by atoms with van der Waals surface area (Å²) in [7, 11) is 0. The highest BCUT2D eigenvalue weighted by atomic mass is 19.1. The molecule has 0 fully saturated rings. The Morgan fingerprint density at radius 1 is 1.26 bits per heavy atom. The number of nitrogens with one attached hydrogen (secondary N) is 1. The molecule has 120 valence electrons. The van der Waals surface area contributed by atoms with E-state index >= 15 is 0 Å². The quantitative estimate of drug-likeness (QED) is 0.855. The molecule has 0 radical (unpaired) electrons. The number of aromatic nitrogens is 1. The first-order chi connectivity index (χ1) is 11.0.